The Balaban J connectivity index is 2.38. The van der Waals surface area contributed by atoms with Gasteiger partial charge in [0.15, 0.2) is 0 Å². The number of nitrogens with zero attached hydrogens (tertiary/aromatic N) is 1. The summed E-state index contributed by atoms with van der Waals surface area (Å²) in [4.78, 5) is 0. The third-order valence-corrected chi connectivity index (χ3v) is 4.37. The zero-order chi connectivity index (χ0) is 12.6. The fourth-order valence-electron chi connectivity index (χ4n) is 1.69. The summed E-state index contributed by atoms with van der Waals surface area (Å²) in [6.45, 7) is 4.27. The lowest BCUT2D eigenvalue weighted by Gasteiger charge is -2.29. The smallest absolute Gasteiger partial charge is 0.150 e. The summed E-state index contributed by atoms with van der Waals surface area (Å²) in [5.41, 5.74) is 2.34. The van der Waals surface area contributed by atoms with Crippen LogP contribution in [-0.4, -0.2) is 16.5 Å². The third-order valence-electron chi connectivity index (χ3n) is 2.87. The molecule has 1 aromatic rings. The van der Waals surface area contributed by atoms with E-state index in [2.05, 4.69) is 0 Å². The Bertz CT molecular complexity index is 513. The van der Waals surface area contributed by atoms with Crippen LogP contribution in [0.5, 0.6) is 0 Å². The zero-order valence-corrected chi connectivity index (χ0v) is 10.5. The van der Waals surface area contributed by atoms with Crippen LogP contribution >= 0.6 is 0 Å². The van der Waals surface area contributed by atoms with Crippen molar-refractivity contribution in [2.75, 3.05) is 16.6 Å². The molecule has 0 radical (unpaired) electrons. The lowest BCUT2D eigenvalue weighted by atomic mass is 10.1. The van der Waals surface area contributed by atoms with E-state index in [9.17, 15) is 13.0 Å². The van der Waals surface area contributed by atoms with Crippen LogP contribution in [0.1, 0.15) is 13.8 Å². The van der Waals surface area contributed by atoms with Crippen LogP contribution in [-0.2, 0) is 11.0 Å². The Kier molecular flexibility index (Phi) is 3.28. The predicted octanol–water partition coefficient (Wildman–Crippen LogP) is 2.78. The molecule has 1 heterocycles. The molecule has 0 aliphatic carbocycles. The van der Waals surface area contributed by atoms with Crippen molar-refractivity contribution in [2.45, 2.75) is 13.8 Å². The van der Waals surface area contributed by atoms with Crippen LogP contribution in [0.2, 0.25) is 0 Å². The van der Waals surface area contributed by atoms with E-state index in [0.717, 1.165) is 17.2 Å². The molecule has 1 aliphatic rings. The number of anilines is 1. The van der Waals surface area contributed by atoms with Crippen LogP contribution in [0, 0.1) is 11.6 Å². The molecule has 2 rings (SSSR count). The number of halogens is 2. The second kappa shape index (κ2) is 4.56. The maximum atomic E-state index is 13.6. The van der Waals surface area contributed by atoms with Crippen LogP contribution < -0.4 is 4.31 Å². The van der Waals surface area contributed by atoms with Gasteiger partial charge in [-0.3, -0.25) is 4.31 Å². The van der Waals surface area contributed by atoms with Crippen molar-refractivity contribution < 1.29 is 13.0 Å². The van der Waals surface area contributed by atoms with E-state index in [1.54, 1.807) is 0 Å². The highest BCUT2D eigenvalue weighted by atomic mass is 32.2. The predicted molar refractivity (Wildman–Crippen MR) is 65.1 cm³/mol. The molecule has 0 saturated heterocycles. The quantitative estimate of drug-likeness (QED) is 0.708. The summed E-state index contributed by atoms with van der Waals surface area (Å²) in [5.74, 6) is -0.897. The van der Waals surface area contributed by atoms with Crippen LogP contribution in [0.4, 0.5) is 14.5 Å². The molecule has 1 unspecified atom stereocenters. The normalized spacial score (nSPS) is 20.9. The fraction of sp³-hybridized carbons (Fsp3) is 0.333. The molecule has 0 amide bonds. The highest BCUT2D eigenvalue weighted by Crippen LogP contribution is 2.26. The molecule has 0 bridgehead atoms. The van der Waals surface area contributed by atoms with E-state index >= 15 is 0 Å². The average Bonchev–Trinajstić information content (AvgIpc) is 2.24. The number of benzene rings is 1. The van der Waals surface area contributed by atoms with Gasteiger partial charge in [0.05, 0.1) is 18.0 Å². The lowest BCUT2D eigenvalue weighted by Crippen LogP contribution is -2.34. The molecule has 0 fully saturated rings. The molecule has 1 aromatic carbocycles. The second-order valence-electron chi connectivity index (χ2n) is 4.16. The minimum atomic E-state index is -1.28. The lowest BCUT2D eigenvalue weighted by molar-refractivity contribution is 0.583. The van der Waals surface area contributed by atoms with Crippen molar-refractivity contribution in [1.82, 2.24) is 0 Å². The first-order valence-corrected chi connectivity index (χ1v) is 6.53. The summed E-state index contributed by atoms with van der Waals surface area (Å²) in [6, 6.07) is 3.32. The zero-order valence-electron chi connectivity index (χ0n) is 9.67. The largest absolute Gasteiger partial charge is 0.284 e. The Hall–Kier alpha value is -1.23. The van der Waals surface area contributed by atoms with Crippen molar-refractivity contribution in [1.29, 1.82) is 0 Å². The van der Waals surface area contributed by atoms with Crippen molar-refractivity contribution in [3.05, 3.63) is 41.0 Å². The van der Waals surface area contributed by atoms with Gasteiger partial charge in [0.25, 0.3) is 0 Å². The molecule has 1 atom stereocenters. The molecule has 2 nitrogen and oxygen atoms in total. The SMILES string of the molecule is CC1=C(C)CS(=O)N(c2ccc(F)cc2F)C1. The molecule has 92 valence electrons. The highest BCUT2D eigenvalue weighted by Gasteiger charge is 2.23. The molecular formula is C12H13F2NOS. The van der Waals surface area contributed by atoms with Crippen LogP contribution in [0.3, 0.4) is 0 Å². The molecule has 0 N–H and O–H groups in total. The monoisotopic (exact) mass is 257 g/mol. The molecule has 17 heavy (non-hydrogen) atoms. The Morgan fingerprint density at radius 2 is 1.94 bits per heavy atom. The minimum absolute atomic E-state index is 0.191. The minimum Gasteiger partial charge on any atom is -0.284 e. The maximum Gasteiger partial charge on any atom is 0.150 e. The van der Waals surface area contributed by atoms with Crippen molar-refractivity contribution in [2.24, 2.45) is 0 Å². The van der Waals surface area contributed by atoms with E-state index in [1.165, 1.54) is 16.4 Å². The molecule has 5 heteroatoms. The number of hydrogen-bond acceptors (Lipinski definition) is 1. The van der Waals surface area contributed by atoms with Gasteiger partial charge in [-0.25, -0.2) is 13.0 Å². The third kappa shape index (κ3) is 2.39. The van der Waals surface area contributed by atoms with E-state index < -0.39 is 22.6 Å². The molecule has 1 aliphatic heterocycles. The van der Waals surface area contributed by atoms with Crippen LogP contribution in [0.25, 0.3) is 0 Å². The van der Waals surface area contributed by atoms with Gasteiger partial charge >= 0.3 is 0 Å². The second-order valence-corrected chi connectivity index (χ2v) is 5.53. The first-order valence-electron chi connectivity index (χ1n) is 5.25. The number of rotatable bonds is 1. The van der Waals surface area contributed by atoms with E-state index in [1.807, 2.05) is 13.8 Å². The van der Waals surface area contributed by atoms with Crippen molar-refractivity contribution in [3.63, 3.8) is 0 Å². The van der Waals surface area contributed by atoms with Crippen LogP contribution in [0.15, 0.2) is 29.3 Å². The van der Waals surface area contributed by atoms with Gasteiger partial charge in [0.2, 0.25) is 0 Å². The van der Waals surface area contributed by atoms with Gasteiger partial charge in [-0.1, -0.05) is 11.1 Å². The van der Waals surface area contributed by atoms with E-state index in [-0.39, 0.29) is 5.69 Å². The topological polar surface area (TPSA) is 20.3 Å². The van der Waals surface area contributed by atoms with Gasteiger partial charge in [0.1, 0.15) is 22.6 Å². The summed E-state index contributed by atoms with van der Waals surface area (Å²) in [5, 5.41) is 0. The molecule has 0 spiro atoms. The Labute approximate surface area is 102 Å². The Morgan fingerprint density at radius 1 is 1.24 bits per heavy atom. The highest BCUT2D eigenvalue weighted by molar-refractivity contribution is 7.86. The molecular weight excluding hydrogens is 244 g/mol. The number of hydrogen-bond donors (Lipinski definition) is 0. The molecule has 0 aromatic heterocycles. The average molecular weight is 257 g/mol. The van der Waals surface area contributed by atoms with Crippen molar-refractivity contribution >= 4 is 16.7 Å². The van der Waals surface area contributed by atoms with Gasteiger partial charge in [-0.05, 0) is 26.0 Å². The van der Waals surface area contributed by atoms with E-state index in [4.69, 9.17) is 0 Å². The maximum absolute atomic E-state index is 13.6. The summed E-state index contributed by atoms with van der Waals surface area (Å²) in [6.07, 6.45) is 0. The summed E-state index contributed by atoms with van der Waals surface area (Å²) in [7, 11) is -1.28. The standard InChI is InChI=1S/C12H13F2NOS/c1-8-6-15(17(16)7-9(8)2)12-4-3-10(13)5-11(12)14/h3-5H,6-7H2,1-2H3. The Morgan fingerprint density at radius 3 is 2.59 bits per heavy atom. The first kappa shape index (κ1) is 12.2. The summed E-state index contributed by atoms with van der Waals surface area (Å²) >= 11 is 0. The van der Waals surface area contributed by atoms with Gasteiger partial charge < -0.3 is 0 Å². The van der Waals surface area contributed by atoms with E-state index in [0.29, 0.717) is 12.3 Å². The molecule has 0 saturated carbocycles. The first-order chi connectivity index (χ1) is 7.99. The van der Waals surface area contributed by atoms with Gasteiger partial charge in [-0.2, -0.15) is 0 Å². The van der Waals surface area contributed by atoms with Gasteiger partial charge in [0, 0.05) is 6.07 Å². The van der Waals surface area contributed by atoms with Gasteiger partial charge in [-0.15, -0.1) is 0 Å². The van der Waals surface area contributed by atoms with Crippen molar-refractivity contribution in [3.8, 4) is 0 Å². The summed E-state index contributed by atoms with van der Waals surface area (Å²) < 4.78 is 39.8. The fourth-order valence-corrected chi connectivity index (χ4v) is 3.16.